The first-order chi connectivity index (χ1) is 7.40. The fraction of sp³-hybridized carbons (Fsp3) is 0.875. The largest absolute Gasteiger partial charge is 0.0993 e. The van der Waals surface area contributed by atoms with Crippen molar-refractivity contribution in [3.8, 4) is 0 Å². The molecule has 0 aliphatic heterocycles. The summed E-state index contributed by atoms with van der Waals surface area (Å²) in [7, 11) is 0. The third-order valence-corrected chi connectivity index (χ3v) is 5.53. The van der Waals surface area contributed by atoms with E-state index in [-0.39, 0.29) is 0 Å². The third-order valence-electron chi connectivity index (χ3n) is 5.53. The lowest BCUT2D eigenvalue weighted by Crippen LogP contribution is -2.35. The second-order valence-electron chi connectivity index (χ2n) is 6.27. The predicted octanol–water partition coefficient (Wildman–Crippen LogP) is 5.15. The van der Waals surface area contributed by atoms with E-state index in [0.717, 1.165) is 35.5 Å². The van der Waals surface area contributed by atoms with Crippen molar-refractivity contribution in [3.63, 3.8) is 0 Å². The molecule has 1 aliphatic rings. The van der Waals surface area contributed by atoms with Gasteiger partial charge in [-0.1, -0.05) is 60.1 Å². The maximum absolute atomic E-state index is 4.34. The van der Waals surface area contributed by atoms with Crippen LogP contribution in [0.3, 0.4) is 0 Å². The van der Waals surface area contributed by atoms with Crippen LogP contribution in [0.25, 0.3) is 0 Å². The third kappa shape index (κ3) is 2.52. The first-order valence-corrected chi connectivity index (χ1v) is 7.08. The van der Waals surface area contributed by atoms with Crippen LogP contribution in [0, 0.1) is 35.5 Å². The molecule has 1 rings (SSSR count). The van der Waals surface area contributed by atoms with Gasteiger partial charge in [-0.15, -0.1) is 0 Å². The molecule has 0 aromatic heterocycles. The topological polar surface area (TPSA) is 0 Å². The van der Waals surface area contributed by atoms with E-state index >= 15 is 0 Å². The molecule has 1 saturated carbocycles. The molecule has 16 heavy (non-hydrogen) atoms. The van der Waals surface area contributed by atoms with E-state index in [2.05, 4.69) is 48.1 Å². The van der Waals surface area contributed by atoms with Crippen molar-refractivity contribution in [2.45, 2.75) is 54.4 Å². The van der Waals surface area contributed by atoms with Gasteiger partial charge in [0, 0.05) is 0 Å². The van der Waals surface area contributed by atoms with Crippen LogP contribution in [0.1, 0.15) is 54.4 Å². The number of hydrogen-bond donors (Lipinski definition) is 0. The molecular weight excluding hydrogens is 192 g/mol. The van der Waals surface area contributed by atoms with Crippen LogP contribution in [-0.2, 0) is 0 Å². The molecule has 6 atom stereocenters. The summed E-state index contributed by atoms with van der Waals surface area (Å²) < 4.78 is 0. The van der Waals surface area contributed by atoms with E-state index in [1.54, 1.807) is 0 Å². The zero-order valence-electron chi connectivity index (χ0n) is 12.1. The molecule has 0 nitrogen and oxygen atoms in total. The van der Waals surface area contributed by atoms with E-state index in [1.165, 1.54) is 18.4 Å². The van der Waals surface area contributed by atoms with Crippen LogP contribution in [0.2, 0.25) is 0 Å². The van der Waals surface area contributed by atoms with Gasteiger partial charge in [0.25, 0.3) is 0 Å². The minimum absolute atomic E-state index is 0.718. The Hall–Kier alpha value is -0.260. The van der Waals surface area contributed by atoms with Gasteiger partial charge in [0.05, 0.1) is 0 Å². The van der Waals surface area contributed by atoms with Crippen molar-refractivity contribution in [1.82, 2.24) is 0 Å². The van der Waals surface area contributed by atoms with Crippen molar-refractivity contribution in [3.05, 3.63) is 12.2 Å². The fourth-order valence-electron chi connectivity index (χ4n) is 3.36. The Labute approximate surface area is 103 Å². The molecule has 0 amide bonds. The van der Waals surface area contributed by atoms with Crippen molar-refractivity contribution < 1.29 is 0 Å². The van der Waals surface area contributed by atoms with E-state index in [0.29, 0.717) is 0 Å². The lowest BCUT2D eigenvalue weighted by Gasteiger charge is -2.43. The molecule has 0 radical (unpaired) electrons. The van der Waals surface area contributed by atoms with Crippen LogP contribution >= 0.6 is 0 Å². The molecule has 0 spiro atoms. The highest BCUT2D eigenvalue weighted by Crippen LogP contribution is 2.45. The van der Waals surface area contributed by atoms with Gasteiger partial charge < -0.3 is 0 Å². The highest BCUT2D eigenvalue weighted by molar-refractivity contribution is 5.11. The Bertz CT molecular complexity index is 240. The summed E-state index contributed by atoms with van der Waals surface area (Å²) in [6, 6.07) is 0. The summed E-state index contributed by atoms with van der Waals surface area (Å²) in [5, 5.41) is 0. The minimum Gasteiger partial charge on any atom is -0.0993 e. The molecule has 0 bridgehead atoms. The van der Waals surface area contributed by atoms with Gasteiger partial charge in [-0.25, -0.2) is 0 Å². The summed E-state index contributed by atoms with van der Waals surface area (Å²) >= 11 is 0. The first-order valence-electron chi connectivity index (χ1n) is 7.08. The maximum Gasteiger partial charge on any atom is -0.0200 e. The van der Waals surface area contributed by atoms with Gasteiger partial charge in [0.1, 0.15) is 0 Å². The molecule has 0 heteroatoms. The normalized spacial score (nSPS) is 39.5. The van der Waals surface area contributed by atoms with Crippen LogP contribution in [-0.4, -0.2) is 0 Å². The highest BCUT2D eigenvalue weighted by Gasteiger charge is 2.36. The molecule has 0 aromatic rings. The summed E-state index contributed by atoms with van der Waals surface area (Å²) in [4.78, 5) is 0. The van der Waals surface area contributed by atoms with Gasteiger partial charge in [0.2, 0.25) is 0 Å². The monoisotopic (exact) mass is 222 g/mol. The average Bonchev–Trinajstić information content (AvgIpc) is 2.29. The second kappa shape index (κ2) is 5.38. The van der Waals surface area contributed by atoms with Crippen LogP contribution in [0.5, 0.6) is 0 Å². The number of hydrogen-bond acceptors (Lipinski definition) is 0. The maximum atomic E-state index is 4.34. The molecule has 94 valence electrons. The average molecular weight is 222 g/mol. The zero-order chi connectivity index (χ0) is 12.5. The molecule has 1 aliphatic carbocycles. The second-order valence-corrected chi connectivity index (χ2v) is 6.27. The van der Waals surface area contributed by atoms with Crippen molar-refractivity contribution in [2.75, 3.05) is 0 Å². The van der Waals surface area contributed by atoms with Crippen molar-refractivity contribution >= 4 is 0 Å². The molecule has 0 aromatic carbocycles. The molecule has 0 heterocycles. The Balaban J connectivity index is 2.77. The minimum atomic E-state index is 0.718. The van der Waals surface area contributed by atoms with Crippen molar-refractivity contribution in [2.24, 2.45) is 35.5 Å². The first kappa shape index (κ1) is 13.8. The van der Waals surface area contributed by atoms with Crippen LogP contribution in [0.15, 0.2) is 12.2 Å². The fourth-order valence-corrected chi connectivity index (χ4v) is 3.36. The Morgan fingerprint density at radius 1 is 1.19 bits per heavy atom. The van der Waals surface area contributed by atoms with Crippen LogP contribution < -0.4 is 0 Å². The van der Waals surface area contributed by atoms with Gasteiger partial charge >= 0.3 is 0 Å². The number of allylic oxidation sites excluding steroid dienone is 1. The van der Waals surface area contributed by atoms with E-state index in [1.807, 2.05) is 0 Å². The van der Waals surface area contributed by atoms with Gasteiger partial charge in [-0.05, 0) is 41.9 Å². The lowest BCUT2D eigenvalue weighted by molar-refractivity contribution is 0.125. The van der Waals surface area contributed by atoms with Crippen molar-refractivity contribution in [1.29, 1.82) is 0 Å². The molecule has 1 fully saturated rings. The summed E-state index contributed by atoms with van der Waals surface area (Å²) in [6.07, 6.45) is 2.70. The zero-order valence-corrected chi connectivity index (χ0v) is 12.1. The molecule has 0 N–H and O–H groups in total. The van der Waals surface area contributed by atoms with E-state index in [9.17, 15) is 0 Å². The lowest BCUT2D eigenvalue weighted by atomic mass is 9.62. The molecular formula is C16H30. The Morgan fingerprint density at radius 2 is 1.75 bits per heavy atom. The van der Waals surface area contributed by atoms with Gasteiger partial charge in [-0.3, -0.25) is 0 Å². The Kier molecular flexibility index (Phi) is 4.64. The quantitative estimate of drug-likeness (QED) is 0.579. The van der Waals surface area contributed by atoms with Crippen LogP contribution in [0.4, 0.5) is 0 Å². The SMILES string of the molecule is C=C1C(C)C(C)CC(C(C)C(C)CC)C1C. The predicted molar refractivity (Wildman–Crippen MR) is 73.4 cm³/mol. The molecule has 0 saturated heterocycles. The smallest absolute Gasteiger partial charge is 0.0200 e. The van der Waals surface area contributed by atoms with E-state index in [4.69, 9.17) is 0 Å². The van der Waals surface area contributed by atoms with Gasteiger partial charge in [0.15, 0.2) is 0 Å². The Morgan fingerprint density at radius 3 is 2.25 bits per heavy atom. The standard InChI is InChI=1S/C16H30/c1-8-10(2)13(5)16-9-11(3)12(4)14(6)15(16)7/h10-13,15-16H,6,8-9H2,1-5,7H3. The number of rotatable bonds is 3. The molecule has 6 unspecified atom stereocenters. The van der Waals surface area contributed by atoms with Gasteiger partial charge in [-0.2, -0.15) is 0 Å². The van der Waals surface area contributed by atoms with E-state index < -0.39 is 0 Å². The summed E-state index contributed by atoms with van der Waals surface area (Å²) in [6.45, 7) is 18.7. The summed E-state index contributed by atoms with van der Waals surface area (Å²) in [5.74, 6) is 4.80. The summed E-state index contributed by atoms with van der Waals surface area (Å²) in [5.41, 5.74) is 1.50. The highest BCUT2D eigenvalue weighted by atomic mass is 14.4.